The van der Waals surface area contributed by atoms with Crippen LogP contribution in [0.15, 0.2) is 6.20 Å². The van der Waals surface area contributed by atoms with Gasteiger partial charge in [-0.05, 0) is 25.7 Å². The number of rotatable bonds is 3. The minimum Gasteiger partial charge on any atom is -0.480 e. The Kier molecular flexibility index (Phi) is 2.06. The van der Waals surface area contributed by atoms with Gasteiger partial charge >= 0.3 is 5.97 Å². The van der Waals surface area contributed by atoms with Gasteiger partial charge in [-0.2, -0.15) is 0 Å². The van der Waals surface area contributed by atoms with Crippen LogP contribution in [0.1, 0.15) is 56.0 Å². The van der Waals surface area contributed by atoms with Gasteiger partial charge in [0.2, 0.25) is 0 Å². The summed E-state index contributed by atoms with van der Waals surface area (Å²) in [4.78, 5) is 18.9. The number of carboxylic acids is 1. The van der Waals surface area contributed by atoms with Crippen LogP contribution in [-0.2, 0) is 10.2 Å². The number of nitrogens with one attached hydrogen (secondary N) is 1. The van der Waals surface area contributed by atoms with Crippen LogP contribution >= 0.6 is 0 Å². The lowest BCUT2D eigenvalue weighted by molar-refractivity contribution is -0.147. The van der Waals surface area contributed by atoms with Gasteiger partial charge in [0.25, 0.3) is 0 Å². The monoisotopic (exact) mass is 220 g/mol. The summed E-state index contributed by atoms with van der Waals surface area (Å²) in [6.07, 6.45) is 7.97. The molecule has 0 atom stereocenters. The maximum absolute atomic E-state index is 11.3. The molecule has 4 nitrogen and oxygen atoms in total. The van der Waals surface area contributed by atoms with Crippen molar-refractivity contribution in [1.29, 1.82) is 0 Å². The van der Waals surface area contributed by atoms with Crippen LogP contribution in [0.5, 0.6) is 0 Å². The second-order valence-electron chi connectivity index (χ2n) is 5.06. The van der Waals surface area contributed by atoms with E-state index in [1.165, 1.54) is 19.3 Å². The standard InChI is InChI=1S/C12H16N2O2/c15-11(16)12(5-2-6-12)10-13-7-9(14-10)8-3-1-4-8/h7-8H,1-6H2,(H,13,14)(H,15,16). The van der Waals surface area contributed by atoms with Gasteiger partial charge in [-0.25, -0.2) is 4.98 Å². The molecule has 2 fully saturated rings. The number of aromatic amines is 1. The van der Waals surface area contributed by atoms with Gasteiger partial charge in [0.1, 0.15) is 11.2 Å². The van der Waals surface area contributed by atoms with E-state index in [4.69, 9.17) is 0 Å². The number of carboxylic acid groups (broad SMARTS) is 1. The van der Waals surface area contributed by atoms with E-state index in [-0.39, 0.29) is 0 Å². The van der Waals surface area contributed by atoms with E-state index in [9.17, 15) is 9.90 Å². The molecule has 2 aliphatic rings. The summed E-state index contributed by atoms with van der Waals surface area (Å²) in [5.41, 5.74) is 0.427. The van der Waals surface area contributed by atoms with Crippen molar-refractivity contribution in [3.05, 3.63) is 17.7 Å². The van der Waals surface area contributed by atoms with Crippen LogP contribution in [0.2, 0.25) is 0 Å². The van der Waals surface area contributed by atoms with E-state index < -0.39 is 11.4 Å². The van der Waals surface area contributed by atoms with Crippen LogP contribution in [0.3, 0.4) is 0 Å². The molecular formula is C12H16N2O2. The Balaban J connectivity index is 1.88. The van der Waals surface area contributed by atoms with E-state index in [1.54, 1.807) is 0 Å². The first-order valence-electron chi connectivity index (χ1n) is 6.01. The van der Waals surface area contributed by atoms with Gasteiger partial charge < -0.3 is 10.1 Å². The third-order valence-corrected chi connectivity index (χ3v) is 4.21. The zero-order valence-electron chi connectivity index (χ0n) is 9.20. The first-order chi connectivity index (χ1) is 7.72. The average molecular weight is 220 g/mol. The summed E-state index contributed by atoms with van der Waals surface area (Å²) in [5, 5.41) is 9.30. The van der Waals surface area contributed by atoms with Crippen LogP contribution < -0.4 is 0 Å². The lowest BCUT2D eigenvalue weighted by Gasteiger charge is -2.35. The highest BCUT2D eigenvalue weighted by molar-refractivity contribution is 5.81. The molecule has 0 radical (unpaired) electrons. The molecule has 0 aromatic carbocycles. The Labute approximate surface area is 94.1 Å². The largest absolute Gasteiger partial charge is 0.480 e. The number of carbonyl (C=O) groups is 1. The molecule has 0 unspecified atom stereocenters. The molecule has 1 heterocycles. The first-order valence-corrected chi connectivity index (χ1v) is 6.01. The number of hydrogen-bond acceptors (Lipinski definition) is 2. The van der Waals surface area contributed by atoms with E-state index in [1.807, 2.05) is 6.20 Å². The van der Waals surface area contributed by atoms with Gasteiger partial charge in [0.15, 0.2) is 0 Å². The normalized spacial score (nSPS) is 23.5. The highest BCUT2D eigenvalue weighted by Gasteiger charge is 2.48. The molecule has 3 rings (SSSR count). The molecule has 2 aliphatic carbocycles. The van der Waals surface area contributed by atoms with Crippen molar-refractivity contribution in [3.63, 3.8) is 0 Å². The maximum atomic E-state index is 11.3. The Morgan fingerprint density at radius 1 is 1.44 bits per heavy atom. The van der Waals surface area contributed by atoms with Crippen LogP contribution in [-0.4, -0.2) is 21.0 Å². The predicted molar refractivity (Wildman–Crippen MR) is 58.3 cm³/mol. The molecule has 0 aliphatic heterocycles. The minimum absolute atomic E-state index is 0.590. The quantitative estimate of drug-likeness (QED) is 0.820. The second-order valence-corrected chi connectivity index (χ2v) is 5.06. The smallest absolute Gasteiger partial charge is 0.317 e. The van der Waals surface area contributed by atoms with Crippen molar-refractivity contribution in [2.24, 2.45) is 0 Å². The summed E-state index contributed by atoms with van der Waals surface area (Å²) in [6, 6.07) is 0. The predicted octanol–water partition coefficient (Wildman–Crippen LogP) is 2.18. The first kappa shape index (κ1) is 9.87. The Morgan fingerprint density at radius 3 is 2.62 bits per heavy atom. The number of hydrogen-bond donors (Lipinski definition) is 2. The fourth-order valence-electron chi connectivity index (χ4n) is 2.59. The minimum atomic E-state index is -0.728. The Hall–Kier alpha value is -1.32. The van der Waals surface area contributed by atoms with Crippen molar-refractivity contribution in [2.45, 2.75) is 49.9 Å². The molecule has 0 spiro atoms. The van der Waals surface area contributed by atoms with Gasteiger partial charge in [-0.3, -0.25) is 4.79 Å². The molecule has 1 aromatic rings. The summed E-state index contributed by atoms with van der Waals surface area (Å²) in [5.74, 6) is 0.536. The molecule has 2 N–H and O–H groups in total. The van der Waals surface area contributed by atoms with E-state index in [2.05, 4.69) is 9.97 Å². The SMILES string of the molecule is O=C(O)C1(c2ncc(C3CCC3)[nH]2)CCC1. The van der Waals surface area contributed by atoms with Crippen LogP contribution in [0.4, 0.5) is 0 Å². The second kappa shape index (κ2) is 3.34. The molecule has 2 saturated carbocycles. The van der Waals surface area contributed by atoms with E-state index >= 15 is 0 Å². The van der Waals surface area contributed by atoms with E-state index in [0.717, 1.165) is 25.0 Å². The van der Waals surface area contributed by atoms with Crippen molar-refractivity contribution >= 4 is 5.97 Å². The van der Waals surface area contributed by atoms with Gasteiger partial charge in [-0.1, -0.05) is 12.8 Å². The van der Waals surface area contributed by atoms with E-state index in [0.29, 0.717) is 11.7 Å². The number of aliphatic carboxylic acids is 1. The highest BCUT2D eigenvalue weighted by Crippen LogP contribution is 2.44. The van der Waals surface area contributed by atoms with Gasteiger partial charge in [-0.15, -0.1) is 0 Å². The fraction of sp³-hybridized carbons (Fsp3) is 0.667. The highest BCUT2D eigenvalue weighted by atomic mass is 16.4. The zero-order valence-corrected chi connectivity index (χ0v) is 9.20. The molecular weight excluding hydrogens is 204 g/mol. The molecule has 16 heavy (non-hydrogen) atoms. The molecule has 1 aromatic heterocycles. The van der Waals surface area contributed by atoms with Crippen molar-refractivity contribution in [3.8, 4) is 0 Å². The number of aromatic nitrogens is 2. The topological polar surface area (TPSA) is 66.0 Å². The number of imidazole rings is 1. The van der Waals surface area contributed by atoms with Crippen molar-refractivity contribution in [1.82, 2.24) is 9.97 Å². The third-order valence-electron chi connectivity index (χ3n) is 4.21. The summed E-state index contributed by atoms with van der Waals surface area (Å²) >= 11 is 0. The average Bonchev–Trinajstić information content (AvgIpc) is 2.47. The summed E-state index contributed by atoms with van der Waals surface area (Å²) in [7, 11) is 0. The Bertz CT molecular complexity index is 416. The molecule has 86 valence electrons. The number of H-pyrrole nitrogens is 1. The van der Waals surface area contributed by atoms with Gasteiger partial charge in [0, 0.05) is 17.8 Å². The molecule has 0 saturated heterocycles. The van der Waals surface area contributed by atoms with Crippen molar-refractivity contribution < 1.29 is 9.90 Å². The maximum Gasteiger partial charge on any atom is 0.317 e. The lowest BCUT2D eigenvalue weighted by Crippen LogP contribution is -2.43. The fourth-order valence-corrected chi connectivity index (χ4v) is 2.59. The molecule has 0 bridgehead atoms. The molecule has 4 heteroatoms. The number of nitrogens with zero attached hydrogens (tertiary/aromatic N) is 1. The summed E-state index contributed by atoms with van der Waals surface area (Å²) in [6.45, 7) is 0. The summed E-state index contributed by atoms with van der Waals surface area (Å²) < 4.78 is 0. The lowest BCUT2D eigenvalue weighted by atomic mass is 9.68. The third kappa shape index (κ3) is 1.22. The molecule has 0 amide bonds. The Morgan fingerprint density at radius 2 is 2.19 bits per heavy atom. The van der Waals surface area contributed by atoms with Crippen LogP contribution in [0.25, 0.3) is 0 Å². The zero-order chi connectivity index (χ0) is 11.2. The van der Waals surface area contributed by atoms with Crippen molar-refractivity contribution in [2.75, 3.05) is 0 Å². The van der Waals surface area contributed by atoms with Gasteiger partial charge in [0.05, 0.1) is 0 Å². The van der Waals surface area contributed by atoms with Crippen LogP contribution in [0, 0.1) is 0 Å².